The summed E-state index contributed by atoms with van der Waals surface area (Å²) in [5.41, 5.74) is 0. The Morgan fingerprint density at radius 3 is 0.854 bits per heavy atom. The first-order valence-electron chi connectivity index (χ1n) is 36.4. The van der Waals surface area contributed by atoms with Crippen LogP contribution in [-0.2, 0) is 65.4 Å². The number of unbranched alkanes of at least 4 members (excludes halogenated alkanes) is 35. The molecule has 0 fully saturated rings. The number of esters is 4. The van der Waals surface area contributed by atoms with E-state index in [0.717, 1.165) is 108 Å². The van der Waals surface area contributed by atoms with E-state index in [1.165, 1.54) is 161 Å². The monoisotopic (exact) mass is 1310 g/mol. The van der Waals surface area contributed by atoms with Crippen LogP contribution in [0.5, 0.6) is 0 Å². The van der Waals surface area contributed by atoms with E-state index >= 15 is 0 Å². The predicted molar refractivity (Wildman–Crippen MR) is 358 cm³/mol. The summed E-state index contributed by atoms with van der Waals surface area (Å²) in [4.78, 5) is 72.5. The first-order chi connectivity index (χ1) is 42.8. The van der Waals surface area contributed by atoms with Crippen molar-refractivity contribution in [2.45, 2.75) is 369 Å². The van der Waals surface area contributed by atoms with E-state index in [1.807, 2.05) is 0 Å². The molecule has 0 aliphatic rings. The SMILES string of the molecule is CCCCCCCCCCCC(=O)OC[C@H](COP(=O)(O)OC[C@H](O)COP(=O)(O)OC[C@@H](COC(=O)CCCCCCCCCCCCC(C)C)OC(=O)CCCCCCCCCCCCCCC(C)C)OC(=O)CCCCCCCCCCC(C)CC. The van der Waals surface area contributed by atoms with Gasteiger partial charge in [-0.2, -0.15) is 0 Å². The lowest BCUT2D eigenvalue weighted by atomic mass is 9.99. The average Bonchev–Trinajstić information content (AvgIpc) is 3.71. The predicted octanol–water partition coefficient (Wildman–Crippen LogP) is 19.8. The number of carbonyl (C=O) groups is 4. The van der Waals surface area contributed by atoms with Crippen molar-refractivity contribution in [2.24, 2.45) is 17.8 Å². The molecule has 0 bridgehead atoms. The fraction of sp³-hybridized carbons (Fsp3) is 0.943. The van der Waals surface area contributed by atoms with Crippen molar-refractivity contribution in [1.29, 1.82) is 0 Å². The molecule has 528 valence electrons. The third kappa shape index (κ3) is 63.2. The van der Waals surface area contributed by atoms with Gasteiger partial charge < -0.3 is 33.8 Å². The number of phosphoric ester groups is 2. The summed E-state index contributed by atoms with van der Waals surface area (Å²) in [6.07, 6.45) is 44.3. The molecule has 0 radical (unpaired) electrons. The topological polar surface area (TPSA) is 237 Å². The minimum atomic E-state index is -4.95. The normalized spacial score (nSPS) is 14.5. The van der Waals surface area contributed by atoms with Crippen molar-refractivity contribution in [1.82, 2.24) is 0 Å². The van der Waals surface area contributed by atoms with Gasteiger partial charge in [-0.05, 0) is 43.4 Å². The van der Waals surface area contributed by atoms with E-state index in [1.54, 1.807) is 0 Å². The largest absolute Gasteiger partial charge is 0.472 e. The maximum absolute atomic E-state index is 13.0. The molecule has 3 N–H and O–H groups in total. The fourth-order valence-electron chi connectivity index (χ4n) is 10.5. The molecule has 0 aliphatic heterocycles. The van der Waals surface area contributed by atoms with Crippen LogP contribution < -0.4 is 0 Å². The number of aliphatic hydroxyl groups excluding tert-OH is 1. The van der Waals surface area contributed by atoms with Gasteiger partial charge in [0, 0.05) is 25.7 Å². The highest BCUT2D eigenvalue weighted by Crippen LogP contribution is 2.45. The molecule has 0 rings (SSSR count). The van der Waals surface area contributed by atoms with E-state index < -0.39 is 97.5 Å². The van der Waals surface area contributed by atoms with E-state index in [-0.39, 0.29) is 25.7 Å². The Bertz CT molecular complexity index is 1750. The van der Waals surface area contributed by atoms with Gasteiger partial charge in [0.15, 0.2) is 12.2 Å². The zero-order valence-corrected chi connectivity index (χ0v) is 59.7. The molecule has 0 aliphatic carbocycles. The second-order valence-electron chi connectivity index (χ2n) is 26.5. The van der Waals surface area contributed by atoms with E-state index in [4.69, 9.17) is 37.0 Å². The van der Waals surface area contributed by atoms with E-state index in [2.05, 4.69) is 48.5 Å². The maximum atomic E-state index is 13.0. The van der Waals surface area contributed by atoms with Gasteiger partial charge in [0.25, 0.3) is 0 Å². The average molecular weight is 1310 g/mol. The number of carbonyl (C=O) groups excluding carboxylic acids is 4. The number of ether oxygens (including phenoxy) is 4. The van der Waals surface area contributed by atoms with Crippen LogP contribution in [-0.4, -0.2) is 96.7 Å². The molecule has 0 spiro atoms. The van der Waals surface area contributed by atoms with Gasteiger partial charge in [-0.3, -0.25) is 37.3 Å². The molecule has 0 aromatic rings. The standard InChI is InChI=1S/C70H136O17P2/c1-8-10-11-12-13-20-30-37-44-51-67(72)80-57-66(87-70(75)54-47-40-33-26-25-29-36-43-50-63(7)9-2)60-85-89(78,79)83-56-64(71)55-82-88(76,77)84-59-65(58-81-68(73)52-45-38-31-23-19-18-22-28-35-42-49-62(5)6)86-69(74)53-46-39-32-24-17-15-14-16-21-27-34-41-48-61(3)4/h61-66,71H,8-60H2,1-7H3,(H,76,77)(H,78,79)/t63?,64-,65-,66-/m1/s1. The molecule has 0 aromatic carbocycles. The minimum Gasteiger partial charge on any atom is -0.462 e. The molecule has 0 amide bonds. The summed E-state index contributed by atoms with van der Waals surface area (Å²) in [6.45, 7) is 11.8. The molecule has 0 saturated heterocycles. The van der Waals surface area contributed by atoms with E-state index in [0.29, 0.717) is 25.7 Å². The highest BCUT2D eigenvalue weighted by Gasteiger charge is 2.30. The second kappa shape index (κ2) is 61.0. The van der Waals surface area contributed by atoms with Crippen molar-refractivity contribution in [3.8, 4) is 0 Å². The Morgan fingerprint density at radius 1 is 0.326 bits per heavy atom. The van der Waals surface area contributed by atoms with Crippen molar-refractivity contribution < 1.29 is 80.2 Å². The lowest BCUT2D eigenvalue weighted by Crippen LogP contribution is -2.30. The Kier molecular flexibility index (Phi) is 59.6. The van der Waals surface area contributed by atoms with Crippen LogP contribution in [0.1, 0.15) is 350 Å². The molecule has 89 heavy (non-hydrogen) atoms. The van der Waals surface area contributed by atoms with Crippen molar-refractivity contribution in [3.05, 3.63) is 0 Å². The molecule has 0 aromatic heterocycles. The van der Waals surface area contributed by atoms with Crippen LogP contribution in [0.15, 0.2) is 0 Å². The zero-order valence-electron chi connectivity index (χ0n) is 57.9. The summed E-state index contributed by atoms with van der Waals surface area (Å²) in [5.74, 6) is 0.177. The van der Waals surface area contributed by atoms with Crippen molar-refractivity contribution in [2.75, 3.05) is 39.6 Å². The number of aliphatic hydroxyl groups is 1. The van der Waals surface area contributed by atoms with E-state index in [9.17, 15) is 43.2 Å². The lowest BCUT2D eigenvalue weighted by Gasteiger charge is -2.21. The lowest BCUT2D eigenvalue weighted by molar-refractivity contribution is -0.161. The summed E-state index contributed by atoms with van der Waals surface area (Å²) in [5, 5.41) is 10.6. The van der Waals surface area contributed by atoms with Gasteiger partial charge in [0.05, 0.1) is 26.4 Å². The third-order valence-corrected chi connectivity index (χ3v) is 18.4. The number of phosphoric acid groups is 2. The van der Waals surface area contributed by atoms with Gasteiger partial charge in [0.1, 0.15) is 19.3 Å². The molecule has 3 unspecified atom stereocenters. The third-order valence-electron chi connectivity index (χ3n) is 16.5. The highest BCUT2D eigenvalue weighted by molar-refractivity contribution is 7.47. The Labute approximate surface area is 543 Å². The first-order valence-corrected chi connectivity index (χ1v) is 39.4. The minimum absolute atomic E-state index is 0.105. The summed E-state index contributed by atoms with van der Waals surface area (Å²) < 4.78 is 68.3. The number of rotatable bonds is 68. The molecule has 19 heteroatoms. The molecular formula is C70H136O17P2. The second-order valence-corrected chi connectivity index (χ2v) is 29.4. The van der Waals surface area contributed by atoms with Crippen molar-refractivity contribution >= 4 is 39.5 Å². The van der Waals surface area contributed by atoms with Crippen LogP contribution in [0.2, 0.25) is 0 Å². The smallest absolute Gasteiger partial charge is 0.462 e. The summed E-state index contributed by atoms with van der Waals surface area (Å²) in [6, 6.07) is 0. The number of hydrogen-bond donors (Lipinski definition) is 3. The van der Waals surface area contributed by atoms with Gasteiger partial charge in [-0.1, -0.05) is 299 Å². The Morgan fingerprint density at radius 2 is 0.573 bits per heavy atom. The molecular weight excluding hydrogens is 1170 g/mol. The highest BCUT2D eigenvalue weighted by atomic mass is 31.2. The zero-order chi connectivity index (χ0) is 65.9. The van der Waals surface area contributed by atoms with Gasteiger partial charge in [-0.25, -0.2) is 9.13 Å². The van der Waals surface area contributed by atoms with Gasteiger partial charge in [0.2, 0.25) is 0 Å². The Hall–Kier alpha value is -1.94. The quantitative estimate of drug-likeness (QED) is 0.0222. The van der Waals surface area contributed by atoms with Gasteiger partial charge in [-0.15, -0.1) is 0 Å². The molecule has 6 atom stereocenters. The van der Waals surface area contributed by atoms with Crippen LogP contribution in [0.3, 0.4) is 0 Å². The van der Waals surface area contributed by atoms with Crippen molar-refractivity contribution in [3.63, 3.8) is 0 Å². The fourth-order valence-corrected chi connectivity index (χ4v) is 12.1. The summed E-state index contributed by atoms with van der Waals surface area (Å²) >= 11 is 0. The van der Waals surface area contributed by atoms with Crippen LogP contribution >= 0.6 is 15.6 Å². The van der Waals surface area contributed by atoms with Crippen LogP contribution in [0.4, 0.5) is 0 Å². The molecule has 0 saturated carbocycles. The summed E-state index contributed by atoms with van der Waals surface area (Å²) in [7, 11) is -9.90. The van der Waals surface area contributed by atoms with Crippen LogP contribution in [0.25, 0.3) is 0 Å². The number of hydrogen-bond acceptors (Lipinski definition) is 15. The van der Waals surface area contributed by atoms with Crippen LogP contribution in [0, 0.1) is 17.8 Å². The first kappa shape index (κ1) is 87.1. The molecule has 17 nitrogen and oxygen atoms in total. The van der Waals surface area contributed by atoms with Gasteiger partial charge >= 0.3 is 39.5 Å². The Balaban J connectivity index is 5.25. The molecule has 0 heterocycles. The maximum Gasteiger partial charge on any atom is 0.472 e.